The van der Waals surface area contributed by atoms with Gasteiger partial charge in [-0.3, -0.25) is 14.9 Å². The quantitative estimate of drug-likeness (QED) is 0.297. The van der Waals surface area contributed by atoms with Gasteiger partial charge in [0.2, 0.25) is 0 Å². The van der Waals surface area contributed by atoms with Crippen LogP contribution in [0.25, 0.3) is 0 Å². The van der Waals surface area contributed by atoms with Gasteiger partial charge >= 0.3 is 12.1 Å². The minimum absolute atomic E-state index is 0.0228. The largest absolute Gasteiger partial charge is 0.467 e. The Bertz CT molecular complexity index is 883. The Morgan fingerprint density at radius 1 is 1.10 bits per heavy atom. The van der Waals surface area contributed by atoms with Crippen molar-refractivity contribution in [1.82, 2.24) is 5.32 Å². The number of hydrogen-bond donors (Lipinski definition) is 1. The van der Waals surface area contributed by atoms with Crippen molar-refractivity contribution in [3.63, 3.8) is 0 Å². The molecule has 9 nitrogen and oxygen atoms in total. The summed E-state index contributed by atoms with van der Waals surface area (Å²) in [7, 11) is 1.17. The summed E-state index contributed by atoms with van der Waals surface area (Å²) in [6, 6.07) is 13.1. The maximum absolute atomic E-state index is 12.2. The van der Waals surface area contributed by atoms with Crippen molar-refractivity contribution in [2.75, 3.05) is 7.11 Å². The van der Waals surface area contributed by atoms with Gasteiger partial charge in [0.15, 0.2) is 5.78 Å². The first-order valence-corrected chi connectivity index (χ1v) is 8.73. The second kappa shape index (κ2) is 10.5. The predicted molar refractivity (Wildman–Crippen MR) is 102 cm³/mol. The molecule has 0 bridgehead atoms. The third-order valence-corrected chi connectivity index (χ3v) is 4.02. The molecule has 2 aromatic rings. The summed E-state index contributed by atoms with van der Waals surface area (Å²) in [6.45, 7) is -0.218. The van der Waals surface area contributed by atoms with Crippen LogP contribution in [0.4, 0.5) is 10.5 Å². The number of amides is 1. The number of carbonyl (C=O) groups excluding carboxylic acids is 3. The molecule has 9 heteroatoms. The number of hydrogen-bond acceptors (Lipinski definition) is 7. The molecule has 29 heavy (non-hydrogen) atoms. The number of nitrogens with one attached hydrogen (secondary N) is 1. The molecule has 2 rings (SSSR count). The zero-order chi connectivity index (χ0) is 21.2. The van der Waals surface area contributed by atoms with Crippen LogP contribution in [0.3, 0.4) is 0 Å². The van der Waals surface area contributed by atoms with Crippen LogP contribution >= 0.6 is 0 Å². The van der Waals surface area contributed by atoms with Crippen molar-refractivity contribution < 1.29 is 28.8 Å². The fraction of sp³-hybridized carbons (Fsp3) is 0.250. The molecule has 0 aliphatic rings. The number of methoxy groups -OCH3 is 1. The highest BCUT2D eigenvalue weighted by Gasteiger charge is 2.23. The number of nitro groups is 1. The highest BCUT2D eigenvalue weighted by molar-refractivity contribution is 5.96. The number of nitro benzene ring substituents is 1. The molecule has 0 aliphatic carbocycles. The molecule has 0 saturated carbocycles. The molecule has 0 aromatic heterocycles. The van der Waals surface area contributed by atoms with E-state index in [1.54, 1.807) is 36.4 Å². The van der Waals surface area contributed by atoms with Crippen LogP contribution in [-0.4, -0.2) is 35.9 Å². The monoisotopic (exact) mass is 400 g/mol. The number of benzene rings is 2. The first-order valence-electron chi connectivity index (χ1n) is 8.73. The van der Waals surface area contributed by atoms with Gasteiger partial charge in [0.25, 0.3) is 5.69 Å². The molecule has 0 radical (unpaired) electrons. The predicted octanol–water partition coefficient (Wildman–Crippen LogP) is 3.03. The maximum Gasteiger partial charge on any atom is 0.408 e. The van der Waals surface area contributed by atoms with E-state index in [0.717, 1.165) is 0 Å². The second-order valence-corrected chi connectivity index (χ2v) is 6.05. The fourth-order valence-corrected chi connectivity index (χ4v) is 2.53. The van der Waals surface area contributed by atoms with Crippen LogP contribution in [0.2, 0.25) is 0 Å². The van der Waals surface area contributed by atoms with E-state index in [1.807, 2.05) is 0 Å². The number of rotatable bonds is 9. The van der Waals surface area contributed by atoms with E-state index in [-0.39, 0.29) is 30.9 Å². The van der Waals surface area contributed by atoms with Crippen molar-refractivity contribution in [2.24, 2.45) is 0 Å². The van der Waals surface area contributed by atoms with Crippen molar-refractivity contribution in [2.45, 2.75) is 25.5 Å². The van der Waals surface area contributed by atoms with Crippen LogP contribution in [0, 0.1) is 10.1 Å². The smallest absolute Gasteiger partial charge is 0.408 e. The average molecular weight is 400 g/mol. The second-order valence-electron chi connectivity index (χ2n) is 6.05. The van der Waals surface area contributed by atoms with E-state index in [1.165, 1.54) is 25.3 Å². The van der Waals surface area contributed by atoms with Crippen molar-refractivity contribution >= 4 is 23.5 Å². The minimum Gasteiger partial charge on any atom is -0.467 e. The van der Waals surface area contributed by atoms with Gasteiger partial charge in [-0.25, -0.2) is 9.59 Å². The highest BCUT2D eigenvalue weighted by atomic mass is 16.6. The lowest BCUT2D eigenvalue weighted by atomic mass is 10.0. The molecular weight excluding hydrogens is 380 g/mol. The lowest BCUT2D eigenvalue weighted by molar-refractivity contribution is -0.384. The Morgan fingerprint density at radius 3 is 2.48 bits per heavy atom. The summed E-state index contributed by atoms with van der Waals surface area (Å²) < 4.78 is 9.67. The Labute approximate surface area is 166 Å². The van der Waals surface area contributed by atoms with Gasteiger partial charge in [-0.2, -0.15) is 0 Å². The number of carbonyl (C=O) groups is 3. The van der Waals surface area contributed by atoms with E-state index < -0.39 is 23.0 Å². The molecule has 0 aliphatic heterocycles. The van der Waals surface area contributed by atoms with E-state index in [9.17, 15) is 24.5 Å². The van der Waals surface area contributed by atoms with E-state index in [2.05, 4.69) is 10.1 Å². The number of non-ortho nitro benzene ring substituents is 1. The summed E-state index contributed by atoms with van der Waals surface area (Å²) >= 11 is 0. The van der Waals surface area contributed by atoms with E-state index in [4.69, 9.17) is 4.74 Å². The highest BCUT2D eigenvalue weighted by Crippen LogP contribution is 2.14. The van der Waals surface area contributed by atoms with Crippen molar-refractivity contribution in [3.8, 4) is 0 Å². The van der Waals surface area contributed by atoms with E-state index in [0.29, 0.717) is 11.1 Å². The molecule has 1 amide bonds. The lowest BCUT2D eigenvalue weighted by Gasteiger charge is -2.16. The number of Topliss-reactive ketones (excluding diaryl/α,β-unsaturated/α-hetero) is 1. The third-order valence-electron chi connectivity index (χ3n) is 4.02. The molecule has 0 saturated heterocycles. The fourth-order valence-electron chi connectivity index (χ4n) is 2.53. The lowest BCUT2D eigenvalue weighted by Crippen LogP contribution is -2.42. The van der Waals surface area contributed by atoms with E-state index >= 15 is 0 Å². The Kier molecular flexibility index (Phi) is 7.84. The number of nitrogens with zero attached hydrogens (tertiary/aromatic N) is 1. The minimum atomic E-state index is -1.06. The van der Waals surface area contributed by atoms with Gasteiger partial charge in [-0.05, 0) is 12.0 Å². The first kappa shape index (κ1) is 21.5. The molecule has 2 aromatic carbocycles. The average Bonchev–Trinajstić information content (AvgIpc) is 2.75. The Hall–Kier alpha value is -3.75. The zero-order valence-electron chi connectivity index (χ0n) is 15.7. The number of ether oxygens (including phenoxy) is 2. The molecule has 1 N–H and O–H groups in total. The van der Waals surface area contributed by atoms with Crippen LogP contribution in [0.15, 0.2) is 54.6 Å². The third kappa shape index (κ3) is 6.73. The molecule has 0 heterocycles. The van der Waals surface area contributed by atoms with Crippen molar-refractivity contribution in [1.29, 1.82) is 0 Å². The van der Waals surface area contributed by atoms with Gasteiger partial charge in [0.05, 0.1) is 12.0 Å². The number of ketones is 1. The molecular formula is C20H20N2O7. The number of esters is 1. The summed E-state index contributed by atoms with van der Waals surface area (Å²) in [4.78, 5) is 46.4. The Morgan fingerprint density at radius 2 is 1.83 bits per heavy atom. The SMILES string of the molecule is COC(=O)C(CCC(=O)c1ccccc1)NC(=O)OCc1cccc([N+](=O)[O-])c1. The van der Waals surface area contributed by atoms with Gasteiger partial charge in [0.1, 0.15) is 12.6 Å². The molecule has 0 spiro atoms. The molecule has 0 fully saturated rings. The van der Waals surface area contributed by atoms with Gasteiger partial charge in [0, 0.05) is 24.1 Å². The Balaban J connectivity index is 1.91. The topological polar surface area (TPSA) is 125 Å². The van der Waals surface area contributed by atoms with Gasteiger partial charge in [-0.1, -0.05) is 42.5 Å². The summed E-state index contributed by atoms with van der Waals surface area (Å²) in [5.74, 6) is -0.885. The van der Waals surface area contributed by atoms with Crippen LogP contribution in [0.1, 0.15) is 28.8 Å². The maximum atomic E-state index is 12.2. The molecule has 152 valence electrons. The normalized spacial score (nSPS) is 11.2. The standard InChI is InChI=1S/C20H20N2O7/c1-28-19(24)17(10-11-18(23)15-7-3-2-4-8-15)21-20(25)29-13-14-6-5-9-16(12-14)22(26)27/h2-9,12,17H,10-11,13H2,1H3,(H,21,25). The van der Waals surface area contributed by atoms with Crippen LogP contribution in [-0.2, 0) is 20.9 Å². The van der Waals surface area contributed by atoms with Crippen LogP contribution in [0.5, 0.6) is 0 Å². The summed E-state index contributed by atoms with van der Waals surface area (Å²) in [5.41, 5.74) is 0.797. The zero-order valence-corrected chi connectivity index (χ0v) is 15.7. The van der Waals surface area contributed by atoms with Crippen LogP contribution < -0.4 is 5.32 Å². The number of alkyl carbamates (subject to hydrolysis) is 1. The van der Waals surface area contributed by atoms with Gasteiger partial charge in [-0.15, -0.1) is 0 Å². The molecule has 1 atom stereocenters. The summed E-state index contributed by atoms with van der Waals surface area (Å²) in [5, 5.41) is 13.1. The molecule has 1 unspecified atom stereocenters. The van der Waals surface area contributed by atoms with Crippen molar-refractivity contribution in [3.05, 3.63) is 75.8 Å². The van der Waals surface area contributed by atoms with Gasteiger partial charge < -0.3 is 14.8 Å². The first-order chi connectivity index (χ1) is 13.9. The summed E-state index contributed by atoms with van der Waals surface area (Å²) in [6.07, 6.45) is -0.847.